The van der Waals surface area contributed by atoms with E-state index in [-0.39, 0.29) is 0 Å². The second kappa shape index (κ2) is 5.41. The van der Waals surface area contributed by atoms with Crippen molar-refractivity contribution in [2.75, 3.05) is 7.05 Å². The van der Waals surface area contributed by atoms with Crippen LogP contribution >= 0.6 is 0 Å². The summed E-state index contributed by atoms with van der Waals surface area (Å²) in [7, 11) is 1.95. The smallest absolute Gasteiger partial charge is 0.0372 e. The van der Waals surface area contributed by atoms with Crippen LogP contribution in [0.25, 0.3) is 0 Å². The van der Waals surface area contributed by atoms with Crippen LogP contribution in [0.1, 0.15) is 30.1 Å². The van der Waals surface area contributed by atoms with E-state index in [0.29, 0.717) is 6.04 Å². The maximum atomic E-state index is 5.24. The quantitative estimate of drug-likeness (QED) is 0.732. The largest absolute Gasteiger partial charge is 0.313 e. The van der Waals surface area contributed by atoms with E-state index in [0.717, 1.165) is 18.5 Å². The summed E-state index contributed by atoms with van der Waals surface area (Å²) in [4.78, 5) is 4.26. The van der Waals surface area contributed by atoms with Gasteiger partial charge in [0.05, 0.1) is 0 Å². The Labute approximate surface area is 85.8 Å². The fourth-order valence-electron chi connectivity index (χ4n) is 1.39. The van der Waals surface area contributed by atoms with Crippen LogP contribution in [0.4, 0.5) is 0 Å². The van der Waals surface area contributed by atoms with Gasteiger partial charge < -0.3 is 5.32 Å². The average Bonchev–Trinajstić information content (AvgIpc) is 2.21. The number of hydrogen-bond donors (Lipinski definition) is 1. The van der Waals surface area contributed by atoms with Crippen molar-refractivity contribution in [3.05, 3.63) is 29.6 Å². The molecule has 0 aliphatic carbocycles. The number of rotatable bonds is 4. The van der Waals surface area contributed by atoms with Crippen molar-refractivity contribution in [2.24, 2.45) is 0 Å². The Bertz CT molecular complexity index is 308. The van der Waals surface area contributed by atoms with Crippen molar-refractivity contribution in [2.45, 2.75) is 25.8 Å². The molecule has 2 heteroatoms. The molecule has 0 fully saturated rings. The Hall–Kier alpha value is -1.33. The van der Waals surface area contributed by atoms with Gasteiger partial charge in [0.2, 0.25) is 0 Å². The van der Waals surface area contributed by atoms with Gasteiger partial charge in [0.1, 0.15) is 0 Å². The molecule has 14 heavy (non-hydrogen) atoms. The van der Waals surface area contributed by atoms with E-state index in [9.17, 15) is 0 Å². The predicted octanol–water partition coefficient (Wildman–Crippen LogP) is 2.06. The molecule has 1 unspecified atom stereocenters. The lowest BCUT2D eigenvalue weighted by atomic mass is 10.0. The first-order valence-electron chi connectivity index (χ1n) is 4.81. The summed E-state index contributed by atoms with van der Waals surface area (Å²) in [6.45, 7) is 1.99. The predicted molar refractivity (Wildman–Crippen MR) is 58.8 cm³/mol. The van der Waals surface area contributed by atoms with Crippen molar-refractivity contribution >= 4 is 0 Å². The lowest BCUT2D eigenvalue weighted by Gasteiger charge is -2.14. The maximum Gasteiger partial charge on any atom is 0.0372 e. The summed E-state index contributed by atoms with van der Waals surface area (Å²) in [6, 6.07) is 4.44. The van der Waals surface area contributed by atoms with Crippen LogP contribution in [-0.4, -0.2) is 12.0 Å². The van der Waals surface area contributed by atoms with Gasteiger partial charge in [-0.05, 0) is 32.0 Å². The van der Waals surface area contributed by atoms with Crippen LogP contribution in [-0.2, 0) is 0 Å². The van der Waals surface area contributed by atoms with Gasteiger partial charge >= 0.3 is 0 Å². The molecule has 1 N–H and O–H groups in total. The van der Waals surface area contributed by atoms with Gasteiger partial charge in [-0.25, -0.2) is 0 Å². The number of nitrogens with zero attached hydrogens (tertiary/aromatic N) is 1. The molecule has 0 saturated heterocycles. The molecule has 1 aromatic rings. The molecule has 0 aliphatic rings. The molecule has 0 spiro atoms. The first-order chi connectivity index (χ1) is 6.77. The summed E-state index contributed by atoms with van der Waals surface area (Å²) in [5.41, 5.74) is 2.24. The zero-order valence-corrected chi connectivity index (χ0v) is 8.75. The van der Waals surface area contributed by atoms with Crippen molar-refractivity contribution in [3.8, 4) is 12.3 Å². The third-order valence-electron chi connectivity index (χ3n) is 2.26. The molecule has 0 aliphatic heterocycles. The molecule has 0 aromatic carbocycles. The van der Waals surface area contributed by atoms with Crippen molar-refractivity contribution < 1.29 is 0 Å². The number of pyridine rings is 1. The van der Waals surface area contributed by atoms with Crippen LogP contribution in [0.15, 0.2) is 18.3 Å². The van der Waals surface area contributed by atoms with Crippen LogP contribution in [0.5, 0.6) is 0 Å². The van der Waals surface area contributed by atoms with E-state index in [1.807, 2.05) is 26.2 Å². The highest BCUT2D eigenvalue weighted by Crippen LogP contribution is 2.16. The maximum absolute atomic E-state index is 5.24. The Balaban J connectivity index is 2.69. The monoisotopic (exact) mass is 188 g/mol. The van der Waals surface area contributed by atoms with E-state index in [2.05, 4.69) is 22.3 Å². The fraction of sp³-hybridized carbons (Fsp3) is 0.417. The van der Waals surface area contributed by atoms with Crippen molar-refractivity contribution in [1.82, 2.24) is 10.3 Å². The van der Waals surface area contributed by atoms with Gasteiger partial charge in [-0.1, -0.05) is 6.07 Å². The average molecular weight is 188 g/mol. The van der Waals surface area contributed by atoms with Gasteiger partial charge in [0.25, 0.3) is 0 Å². The highest BCUT2D eigenvalue weighted by atomic mass is 14.9. The number of hydrogen-bond acceptors (Lipinski definition) is 2. The molecule has 1 atom stereocenters. The molecule has 74 valence electrons. The normalized spacial score (nSPS) is 12.1. The number of aryl methyl sites for hydroxylation is 1. The van der Waals surface area contributed by atoms with E-state index < -0.39 is 0 Å². The van der Waals surface area contributed by atoms with Gasteiger partial charge in [0.15, 0.2) is 0 Å². The molecule has 0 amide bonds. The summed E-state index contributed by atoms with van der Waals surface area (Å²) in [6.07, 6.45) is 8.90. The van der Waals surface area contributed by atoms with Crippen LogP contribution < -0.4 is 5.32 Å². The Morgan fingerprint density at radius 2 is 2.36 bits per heavy atom. The number of nitrogens with one attached hydrogen (secondary N) is 1. The van der Waals surface area contributed by atoms with Gasteiger partial charge in [0, 0.05) is 24.4 Å². The zero-order chi connectivity index (χ0) is 10.4. The van der Waals surface area contributed by atoms with Crippen molar-refractivity contribution in [3.63, 3.8) is 0 Å². The third kappa shape index (κ3) is 2.86. The first-order valence-corrected chi connectivity index (χ1v) is 4.81. The molecule has 1 heterocycles. The Kier molecular flexibility index (Phi) is 4.15. The molecule has 0 radical (unpaired) electrons. The highest BCUT2D eigenvalue weighted by Gasteiger charge is 2.07. The van der Waals surface area contributed by atoms with Crippen molar-refractivity contribution in [1.29, 1.82) is 0 Å². The second-order valence-electron chi connectivity index (χ2n) is 3.32. The molecular formula is C12H16N2. The van der Waals surface area contributed by atoms with Gasteiger partial charge in [-0.15, -0.1) is 12.3 Å². The lowest BCUT2D eigenvalue weighted by molar-refractivity contribution is 0.556. The Morgan fingerprint density at radius 3 is 2.86 bits per heavy atom. The molecule has 0 saturated carbocycles. The molecule has 0 bridgehead atoms. The minimum absolute atomic E-state index is 0.319. The standard InChI is InChI=1S/C12H16N2/c1-4-5-6-12(13-3)11-8-7-10(2)14-9-11/h1,7-9,12-13H,5-6H2,2-3H3. The summed E-state index contributed by atoms with van der Waals surface area (Å²) in [5, 5.41) is 3.24. The summed E-state index contributed by atoms with van der Waals surface area (Å²) < 4.78 is 0. The number of aromatic nitrogens is 1. The minimum atomic E-state index is 0.319. The van der Waals surface area contributed by atoms with E-state index in [1.165, 1.54) is 5.56 Å². The fourth-order valence-corrected chi connectivity index (χ4v) is 1.39. The van der Waals surface area contributed by atoms with E-state index in [4.69, 9.17) is 6.42 Å². The summed E-state index contributed by atoms with van der Waals surface area (Å²) in [5.74, 6) is 2.65. The highest BCUT2D eigenvalue weighted by molar-refractivity contribution is 5.17. The lowest BCUT2D eigenvalue weighted by Crippen LogP contribution is -2.16. The van der Waals surface area contributed by atoms with Crippen LogP contribution in [0, 0.1) is 19.3 Å². The third-order valence-corrected chi connectivity index (χ3v) is 2.26. The topological polar surface area (TPSA) is 24.9 Å². The first kappa shape index (κ1) is 10.7. The summed E-state index contributed by atoms with van der Waals surface area (Å²) >= 11 is 0. The molecule has 2 nitrogen and oxygen atoms in total. The minimum Gasteiger partial charge on any atom is -0.313 e. The zero-order valence-electron chi connectivity index (χ0n) is 8.75. The van der Waals surface area contributed by atoms with Crippen LogP contribution in [0.3, 0.4) is 0 Å². The SMILES string of the molecule is C#CCCC(NC)c1ccc(C)nc1. The number of terminal acetylenes is 1. The van der Waals surface area contributed by atoms with Gasteiger partial charge in [-0.3, -0.25) is 4.98 Å². The van der Waals surface area contributed by atoms with E-state index >= 15 is 0 Å². The second-order valence-corrected chi connectivity index (χ2v) is 3.32. The molecule has 1 aromatic heterocycles. The Morgan fingerprint density at radius 1 is 1.57 bits per heavy atom. The molecular weight excluding hydrogens is 172 g/mol. The van der Waals surface area contributed by atoms with E-state index in [1.54, 1.807) is 0 Å². The van der Waals surface area contributed by atoms with Crippen LogP contribution in [0.2, 0.25) is 0 Å². The van der Waals surface area contributed by atoms with Gasteiger partial charge in [-0.2, -0.15) is 0 Å². The molecule has 1 rings (SSSR count).